The average Bonchev–Trinajstić information content (AvgIpc) is 3.30. The van der Waals surface area contributed by atoms with Gasteiger partial charge in [0, 0.05) is 94.8 Å². The minimum Gasteiger partial charge on any atom is -0.369 e. The first kappa shape index (κ1) is 25.1. The summed E-state index contributed by atoms with van der Waals surface area (Å²) in [6.07, 6.45) is 1.63. The van der Waals surface area contributed by atoms with Crippen molar-refractivity contribution in [3.05, 3.63) is 46.8 Å². The number of nitrogens with zero attached hydrogens (tertiary/aromatic N) is 6. The van der Waals surface area contributed by atoms with Crippen LogP contribution in [0.5, 0.6) is 0 Å². The van der Waals surface area contributed by atoms with Gasteiger partial charge in [0.1, 0.15) is 6.26 Å². The molecule has 176 valence electrons. The lowest BCUT2D eigenvalue weighted by atomic mass is 10.1. The van der Waals surface area contributed by atoms with Crippen LogP contribution in [0.15, 0.2) is 40.0 Å². The van der Waals surface area contributed by atoms with Crippen LogP contribution in [0.3, 0.4) is 0 Å². The Kier molecular flexibility index (Phi) is 9.45. The molecule has 2 saturated heterocycles. The SMILES string of the molecule is CN=C(NCc1c(Cl)cccc1N1CCN(C)CC1)N1CCN(Cc2ccon2)CC1.I. The summed E-state index contributed by atoms with van der Waals surface area (Å²) in [5, 5.41) is 8.37. The number of likely N-dealkylation sites (N-methyl/N-ethyl adjacent to an activating group) is 1. The van der Waals surface area contributed by atoms with Crippen molar-refractivity contribution in [2.75, 3.05) is 71.4 Å². The maximum Gasteiger partial charge on any atom is 0.194 e. The Hall–Kier alpha value is -1.56. The van der Waals surface area contributed by atoms with Crippen molar-refractivity contribution in [3.63, 3.8) is 0 Å². The molecule has 0 radical (unpaired) electrons. The van der Waals surface area contributed by atoms with Crippen molar-refractivity contribution in [3.8, 4) is 0 Å². The first-order valence-electron chi connectivity index (χ1n) is 10.9. The fourth-order valence-corrected chi connectivity index (χ4v) is 4.47. The number of anilines is 1. The molecule has 3 heterocycles. The summed E-state index contributed by atoms with van der Waals surface area (Å²) >= 11 is 6.63. The zero-order chi connectivity index (χ0) is 21.6. The van der Waals surface area contributed by atoms with Gasteiger partial charge in [0.2, 0.25) is 0 Å². The Balaban J connectivity index is 0.00000289. The van der Waals surface area contributed by atoms with Gasteiger partial charge in [-0.2, -0.15) is 0 Å². The molecule has 2 aliphatic heterocycles. The number of aromatic nitrogens is 1. The second kappa shape index (κ2) is 12.1. The van der Waals surface area contributed by atoms with Crippen LogP contribution in [0, 0.1) is 0 Å². The van der Waals surface area contributed by atoms with Crippen molar-refractivity contribution in [2.45, 2.75) is 13.1 Å². The molecular weight excluding hydrogens is 541 g/mol. The van der Waals surface area contributed by atoms with Crippen LogP contribution in [-0.2, 0) is 13.1 Å². The van der Waals surface area contributed by atoms with E-state index in [0.29, 0.717) is 6.54 Å². The number of guanidine groups is 1. The predicted molar refractivity (Wildman–Crippen MR) is 140 cm³/mol. The quantitative estimate of drug-likeness (QED) is 0.335. The third-order valence-electron chi connectivity index (χ3n) is 6.12. The summed E-state index contributed by atoms with van der Waals surface area (Å²) in [5.74, 6) is 0.922. The molecule has 10 heteroatoms. The second-order valence-electron chi connectivity index (χ2n) is 8.18. The largest absolute Gasteiger partial charge is 0.369 e. The van der Waals surface area contributed by atoms with Gasteiger partial charge in [-0.1, -0.05) is 22.8 Å². The Morgan fingerprint density at radius 3 is 2.50 bits per heavy atom. The number of rotatable bonds is 5. The van der Waals surface area contributed by atoms with Crippen molar-refractivity contribution in [1.29, 1.82) is 0 Å². The number of hydrogen-bond donors (Lipinski definition) is 1. The van der Waals surface area contributed by atoms with Crippen molar-refractivity contribution in [2.24, 2.45) is 4.99 Å². The number of hydrogen-bond acceptors (Lipinski definition) is 6. The maximum atomic E-state index is 6.63. The summed E-state index contributed by atoms with van der Waals surface area (Å²) in [7, 11) is 4.02. The van der Waals surface area contributed by atoms with Crippen LogP contribution in [0.1, 0.15) is 11.3 Å². The molecule has 1 N–H and O–H groups in total. The summed E-state index contributed by atoms with van der Waals surface area (Å²) in [6, 6.07) is 8.13. The molecule has 0 atom stereocenters. The average molecular weight is 574 g/mol. The summed E-state index contributed by atoms with van der Waals surface area (Å²) in [4.78, 5) is 14.0. The van der Waals surface area contributed by atoms with Crippen LogP contribution >= 0.6 is 35.6 Å². The lowest BCUT2D eigenvalue weighted by molar-refractivity contribution is 0.169. The summed E-state index contributed by atoms with van der Waals surface area (Å²) < 4.78 is 4.94. The van der Waals surface area contributed by atoms with E-state index in [9.17, 15) is 0 Å². The fraction of sp³-hybridized carbons (Fsp3) is 0.545. The fourth-order valence-electron chi connectivity index (χ4n) is 4.23. The van der Waals surface area contributed by atoms with Crippen LogP contribution in [0.25, 0.3) is 0 Å². The van der Waals surface area contributed by atoms with Crippen LogP contribution in [0.2, 0.25) is 5.02 Å². The molecule has 2 aliphatic rings. The molecular formula is C22H33ClIN7O. The highest BCUT2D eigenvalue weighted by Crippen LogP contribution is 2.28. The van der Waals surface area contributed by atoms with Gasteiger partial charge < -0.3 is 24.5 Å². The number of benzene rings is 1. The predicted octanol–water partition coefficient (Wildman–Crippen LogP) is 2.59. The molecule has 2 aromatic rings. The molecule has 1 aromatic carbocycles. The van der Waals surface area contributed by atoms with E-state index in [0.717, 1.165) is 81.1 Å². The number of aliphatic imine (C=N–C) groups is 1. The molecule has 0 amide bonds. The van der Waals surface area contributed by atoms with Gasteiger partial charge in [-0.25, -0.2) is 0 Å². The molecule has 0 unspecified atom stereocenters. The lowest BCUT2D eigenvalue weighted by Crippen LogP contribution is -2.52. The van der Waals surface area contributed by atoms with Gasteiger partial charge in [0.05, 0.1) is 5.69 Å². The van der Waals surface area contributed by atoms with Gasteiger partial charge in [-0.15, -0.1) is 24.0 Å². The molecule has 0 bridgehead atoms. The van der Waals surface area contributed by atoms with E-state index in [-0.39, 0.29) is 24.0 Å². The van der Waals surface area contributed by atoms with E-state index in [1.165, 1.54) is 5.69 Å². The van der Waals surface area contributed by atoms with E-state index < -0.39 is 0 Å². The highest BCUT2D eigenvalue weighted by Gasteiger charge is 2.22. The third-order valence-corrected chi connectivity index (χ3v) is 6.48. The maximum absolute atomic E-state index is 6.63. The van der Waals surface area contributed by atoms with Crippen molar-refractivity contribution < 1.29 is 4.52 Å². The molecule has 1 aromatic heterocycles. The summed E-state index contributed by atoms with van der Waals surface area (Å²) in [6.45, 7) is 9.43. The van der Waals surface area contributed by atoms with Crippen LogP contribution in [-0.4, -0.2) is 92.3 Å². The lowest BCUT2D eigenvalue weighted by Gasteiger charge is -2.37. The highest BCUT2D eigenvalue weighted by atomic mass is 127. The van der Waals surface area contributed by atoms with Gasteiger partial charge in [0.25, 0.3) is 0 Å². The molecule has 0 aliphatic carbocycles. The number of halogens is 2. The summed E-state index contributed by atoms with van der Waals surface area (Å²) in [5.41, 5.74) is 3.34. The first-order valence-corrected chi connectivity index (χ1v) is 11.3. The number of piperazine rings is 2. The zero-order valence-electron chi connectivity index (χ0n) is 18.8. The van der Waals surface area contributed by atoms with Crippen LogP contribution in [0.4, 0.5) is 5.69 Å². The standard InChI is InChI=1S/C22H32ClN7O.HI/c1-24-22(30-13-9-28(10-14-30)17-18-6-15-31-26-18)25-16-19-20(23)4-3-5-21(19)29-11-7-27(2)8-12-29;/h3-6,15H,7-14,16-17H2,1-2H3,(H,24,25);1H. The van der Waals surface area contributed by atoms with Crippen molar-refractivity contribution in [1.82, 2.24) is 25.2 Å². The second-order valence-corrected chi connectivity index (χ2v) is 8.59. The molecule has 8 nitrogen and oxygen atoms in total. The minimum absolute atomic E-state index is 0. The number of nitrogens with one attached hydrogen (secondary N) is 1. The molecule has 0 spiro atoms. The van der Waals surface area contributed by atoms with Gasteiger partial charge in [-0.05, 0) is 19.2 Å². The van der Waals surface area contributed by atoms with E-state index in [1.807, 2.05) is 25.2 Å². The zero-order valence-corrected chi connectivity index (χ0v) is 21.9. The van der Waals surface area contributed by atoms with E-state index in [1.54, 1.807) is 6.26 Å². The Morgan fingerprint density at radius 1 is 1.09 bits per heavy atom. The smallest absolute Gasteiger partial charge is 0.194 e. The molecule has 4 rings (SSSR count). The van der Waals surface area contributed by atoms with Gasteiger partial charge >= 0.3 is 0 Å². The Morgan fingerprint density at radius 2 is 1.84 bits per heavy atom. The Labute approximate surface area is 212 Å². The normalized spacial score (nSPS) is 18.5. The molecule has 2 fully saturated rings. The minimum atomic E-state index is 0. The van der Waals surface area contributed by atoms with Crippen molar-refractivity contribution >= 4 is 47.2 Å². The highest BCUT2D eigenvalue weighted by molar-refractivity contribution is 14.0. The van der Waals surface area contributed by atoms with Gasteiger partial charge in [-0.3, -0.25) is 9.89 Å². The van der Waals surface area contributed by atoms with Crippen LogP contribution < -0.4 is 10.2 Å². The third kappa shape index (κ3) is 6.27. The van der Waals surface area contributed by atoms with E-state index >= 15 is 0 Å². The van der Waals surface area contributed by atoms with E-state index in [2.05, 4.69) is 48.2 Å². The molecule has 32 heavy (non-hydrogen) atoms. The topological polar surface area (TPSA) is 63.4 Å². The van der Waals surface area contributed by atoms with E-state index in [4.69, 9.17) is 16.1 Å². The monoisotopic (exact) mass is 573 g/mol. The van der Waals surface area contributed by atoms with Gasteiger partial charge in [0.15, 0.2) is 5.96 Å². The molecule has 0 saturated carbocycles. The Bertz CT molecular complexity index is 863. The first-order chi connectivity index (χ1) is 15.1.